The number of hydrogen-bond donors (Lipinski definition) is 2. The Balaban J connectivity index is 2.60. The summed E-state index contributed by atoms with van der Waals surface area (Å²) in [6.45, 7) is -0.755. The number of nitro groups is 1. The molecule has 0 aliphatic heterocycles. The number of carbonyl (C=O) groups is 2. The Morgan fingerprint density at radius 3 is 2.70 bits per heavy atom. The van der Waals surface area contributed by atoms with Crippen LogP contribution in [0.25, 0.3) is 10.2 Å². The molecular weight excluding hydrogens is 292 g/mol. The molecule has 0 saturated heterocycles. The van der Waals surface area contributed by atoms with Crippen LogP contribution >= 0.6 is 11.3 Å². The maximum Gasteiger partial charge on any atom is 0.349 e. The Bertz CT molecular complexity index is 724. The van der Waals surface area contributed by atoms with Crippen LogP contribution in [0.3, 0.4) is 0 Å². The first-order chi connectivity index (χ1) is 9.40. The third-order valence-corrected chi connectivity index (χ3v) is 3.31. The van der Waals surface area contributed by atoms with Crippen molar-refractivity contribution >= 4 is 39.2 Å². The minimum Gasteiger partial charge on any atom is -0.479 e. The summed E-state index contributed by atoms with van der Waals surface area (Å²) in [5.74, 6) is -2.84. The Labute approximate surface area is 114 Å². The number of aromatic nitrogens is 1. The number of aliphatic carboxylic acids is 1. The lowest BCUT2D eigenvalue weighted by molar-refractivity contribution is -0.385. The zero-order valence-corrected chi connectivity index (χ0v) is 10.4. The van der Waals surface area contributed by atoms with Crippen molar-refractivity contribution in [1.82, 2.24) is 4.98 Å². The lowest BCUT2D eigenvalue weighted by Crippen LogP contribution is -2.10. The lowest BCUT2D eigenvalue weighted by Gasteiger charge is -2.02. The first kappa shape index (κ1) is 13.7. The van der Waals surface area contributed by atoms with Gasteiger partial charge in [-0.05, 0) is 0 Å². The molecule has 20 heavy (non-hydrogen) atoms. The van der Waals surface area contributed by atoms with E-state index >= 15 is 0 Å². The van der Waals surface area contributed by atoms with Crippen LogP contribution in [0.4, 0.5) is 5.69 Å². The average Bonchev–Trinajstić information content (AvgIpc) is 2.73. The molecule has 0 radical (unpaired) electrons. The van der Waals surface area contributed by atoms with Crippen LogP contribution in [0.5, 0.6) is 5.75 Å². The predicted octanol–water partition coefficient (Wildman–Crippen LogP) is 1.37. The molecule has 0 bridgehead atoms. The standard InChI is InChI=1S/C10H6N2O7S/c13-6(14)3-19-7-5-1-4(12(17)18)2-11-9(5)20-8(7)10(15)16/h1-2H,3H2,(H,13,14)(H,15,16). The summed E-state index contributed by atoms with van der Waals surface area (Å²) < 4.78 is 4.92. The van der Waals surface area contributed by atoms with Crippen LogP contribution in [-0.2, 0) is 4.79 Å². The molecule has 0 aromatic carbocycles. The second kappa shape index (κ2) is 5.09. The summed E-state index contributed by atoms with van der Waals surface area (Å²) in [5, 5.41) is 28.4. The number of nitrogens with zero attached hydrogens (tertiary/aromatic N) is 2. The fraction of sp³-hybridized carbons (Fsp3) is 0.100. The van der Waals surface area contributed by atoms with Crippen molar-refractivity contribution in [3.63, 3.8) is 0 Å². The van der Waals surface area contributed by atoms with Gasteiger partial charge in [0.1, 0.15) is 11.0 Å². The van der Waals surface area contributed by atoms with Crippen LogP contribution in [0.2, 0.25) is 0 Å². The summed E-state index contributed by atoms with van der Waals surface area (Å²) in [7, 11) is 0. The highest BCUT2D eigenvalue weighted by Crippen LogP contribution is 2.38. The van der Waals surface area contributed by atoms with Gasteiger partial charge in [0.05, 0.1) is 10.3 Å². The van der Waals surface area contributed by atoms with Gasteiger partial charge in [0.15, 0.2) is 17.2 Å². The van der Waals surface area contributed by atoms with Crippen LogP contribution in [0.1, 0.15) is 9.67 Å². The van der Waals surface area contributed by atoms with Crippen LogP contribution < -0.4 is 4.74 Å². The number of ether oxygens (including phenoxy) is 1. The van der Waals surface area contributed by atoms with Crippen molar-refractivity contribution in [2.75, 3.05) is 6.61 Å². The van der Waals surface area contributed by atoms with E-state index in [2.05, 4.69) is 4.98 Å². The van der Waals surface area contributed by atoms with E-state index in [-0.39, 0.29) is 26.5 Å². The average molecular weight is 298 g/mol. The molecule has 104 valence electrons. The maximum absolute atomic E-state index is 11.1. The molecule has 2 aromatic rings. The highest BCUT2D eigenvalue weighted by molar-refractivity contribution is 7.20. The fourth-order valence-electron chi connectivity index (χ4n) is 1.47. The van der Waals surface area contributed by atoms with Gasteiger partial charge >= 0.3 is 11.9 Å². The molecule has 0 amide bonds. The first-order valence-electron chi connectivity index (χ1n) is 5.05. The monoisotopic (exact) mass is 298 g/mol. The predicted molar refractivity (Wildman–Crippen MR) is 66.4 cm³/mol. The van der Waals surface area contributed by atoms with Crippen molar-refractivity contribution in [3.05, 3.63) is 27.3 Å². The zero-order chi connectivity index (χ0) is 14.9. The Kier molecular flexibility index (Phi) is 3.48. The van der Waals surface area contributed by atoms with Gasteiger partial charge in [-0.15, -0.1) is 11.3 Å². The Morgan fingerprint density at radius 2 is 2.15 bits per heavy atom. The van der Waals surface area contributed by atoms with Crippen molar-refractivity contribution in [2.24, 2.45) is 0 Å². The number of rotatable bonds is 5. The van der Waals surface area contributed by atoms with Gasteiger partial charge in [-0.3, -0.25) is 10.1 Å². The third-order valence-electron chi connectivity index (χ3n) is 2.23. The molecule has 0 aliphatic rings. The third kappa shape index (κ3) is 2.49. The molecule has 0 aliphatic carbocycles. The van der Waals surface area contributed by atoms with E-state index in [1.54, 1.807) is 0 Å². The highest BCUT2D eigenvalue weighted by atomic mass is 32.1. The minimum atomic E-state index is -1.32. The smallest absolute Gasteiger partial charge is 0.349 e. The van der Waals surface area contributed by atoms with E-state index in [4.69, 9.17) is 14.9 Å². The van der Waals surface area contributed by atoms with Crippen LogP contribution in [0.15, 0.2) is 12.3 Å². The van der Waals surface area contributed by atoms with Crippen molar-refractivity contribution < 1.29 is 29.5 Å². The van der Waals surface area contributed by atoms with E-state index in [1.807, 2.05) is 0 Å². The molecule has 0 atom stereocenters. The molecule has 2 N–H and O–H groups in total. The Hall–Kier alpha value is -2.75. The summed E-state index contributed by atoms with van der Waals surface area (Å²) >= 11 is 0.753. The van der Waals surface area contributed by atoms with E-state index in [0.717, 1.165) is 23.6 Å². The lowest BCUT2D eigenvalue weighted by atomic mass is 10.2. The van der Waals surface area contributed by atoms with Crippen molar-refractivity contribution in [3.8, 4) is 5.75 Å². The molecule has 0 unspecified atom stereocenters. The molecule has 9 nitrogen and oxygen atoms in total. The van der Waals surface area contributed by atoms with Crippen molar-refractivity contribution in [2.45, 2.75) is 0 Å². The van der Waals surface area contributed by atoms with Gasteiger partial charge in [0.25, 0.3) is 5.69 Å². The van der Waals surface area contributed by atoms with Crippen LogP contribution in [-0.4, -0.2) is 38.7 Å². The van der Waals surface area contributed by atoms with Gasteiger partial charge in [-0.25, -0.2) is 14.6 Å². The molecule has 2 aromatic heterocycles. The summed E-state index contributed by atoms with van der Waals surface area (Å²) in [6.07, 6.45) is 0.992. The first-order valence-corrected chi connectivity index (χ1v) is 5.86. The number of aromatic carboxylic acids is 1. The fourth-order valence-corrected chi connectivity index (χ4v) is 2.38. The second-order valence-electron chi connectivity index (χ2n) is 3.55. The quantitative estimate of drug-likeness (QED) is 0.622. The van der Waals surface area contributed by atoms with Crippen LogP contribution in [0, 0.1) is 10.1 Å². The molecule has 2 rings (SSSR count). The number of carboxylic acid groups (broad SMARTS) is 2. The van der Waals surface area contributed by atoms with Gasteiger partial charge < -0.3 is 14.9 Å². The number of thiophene rings is 1. The van der Waals surface area contributed by atoms with Gasteiger partial charge in [-0.1, -0.05) is 0 Å². The minimum absolute atomic E-state index is 0.0999. The number of carboxylic acids is 2. The number of fused-ring (bicyclic) bond motifs is 1. The molecule has 0 fully saturated rings. The summed E-state index contributed by atoms with van der Waals surface area (Å²) in [5.41, 5.74) is -0.340. The molecule has 0 spiro atoms. The topological polar surface area (TPSA) is 140 Å². The largest absolute Gasteiger partial charge is 0.479 e. The molecule has 0 saturated carbocycles. The van der Waals surface area contributed by atoms with E-state index < -0.39 is 23.5 Å². The highest BCUT2D eigenvalue weighted by Gasteiger charge is 2.23. The van der Waals surface area contributed by atoms with Crippen molar-refractivity contribution in [1.29, 1.82) is 0 Å². The van der Waals surface area contributed by atoms with E-state index in [1.165, 1.54) is 0 Å². The van der Waals surface area contributed by atoms with Gasteiger partial charge in [0, 0.05) is 6.07 Å². The molecular formula is C10H6N2O7S. The van der Waals surface area contributed by atoms with E-state index in [9.17, 15) is 19.7 Å². The van der Waals surface area contributed by atoms with E-state index in [0.29, 0.717) is 0 Å². The van der Waals surface area contributed by atoms with Gasteiger partial charge in [0.2, 0.25) is 0 Å². The summed E-state index contributed by atoms with van der Waals surface area (Å²) in [4.78, 5) is 35.3. The molecule has 10 heteroatoms. The van der Waals surface area contributed by atoms with Gasteiger partial charge in [-0.2, -0.15) is 0 Å². The Morgan fingerprint density at radius 1 is 1.45 bits per heavy atom. The number of pyridine rings is 1. The SMILES string of the molecule is O=C(O)COc1c(C(=O)O)sc2ncc([N+](=O)[O-])cc12. The summed E-state index contributed by atoms with van der Waals surface area (Å²) in [6, 6.07) is 1.10. The second-order valence-corrected chi connectivity index (χ2v) is 4.55. The normalized spacial score (nSPS) is 10.4. The zero-order valence-electron chi connectivity index (χ0n) is 9.60. The maximum atomic E-state index is 11.1. The molecule has 2 heterocycles. The number of hydrogen-bond acceptors (Lipinski definition) is 7.